The lowest BCUT2D eigenvalue weighted by Gasteiger charge is -2.24. The summed E-state index contributed by atoms with van der Waals surface area (Å²) in [6.45, 7) is 1.00. The maximum absolute atomic E-state index is 13.0. The molecule has 156 valence electrons. The number of nitrogens with zero attached hydrogens (tertiary/aromatic N) is 3. The van der Waals surface area contributed by atoms with Gasteiger partial charge in [0.1, 0.15) is 22.9 Å². The van der Waals surface area contributed by atoms with Crippen molar-refractivity contribution >= 4 is 5.91 Å². The van der Waals surface area contributed by atoms with Gasteiger partial charge < -0.3 is 14.4 Å². The normalized spacial score (nSPS) is 13.2. The van der Waals surface area contributed by atoms with E-state index in [0.717, 1.165) is 35.7 Å². The summed E-state index contributed by atoms with van der Waals surface area (Å²) in [5, 5.41) is 16.5. The zero-order chi connectivity index (χ0) is 21.2. The smallest absolute Gasteiger partial charge is 0.272 e. The number of phenols is 1. The average molecular weight is 414 g/mol. The molecule has 0 saturated carbocycles. The molecule has 31 heavy (non-hydrogen) atoms. The number of aromatic nitrogens is 3. The van der Waals surface area contributed by atoms with Gasteiger partial charge in [0.15, 0.2) is 5.89 Å². The first-order valence-corrected chi connectivity index (χ1v) is 10.3. The molecular weight excluding hydrogens is 392 g/mol. The summed E-state index contributed by atoms with van der Waals surface area (Å²) in [6, 6.07) is 18.7. The number of hydrogen-bond acceptors (Lipinski definition) is 5. The van der Waals surface area contributed by atoms with Crippen molar-refractivity contribution in [2.45, 2.75) is 25.8 Å². The van der Waals surface area contributed by atoms with Gasteiger partial charge in [0.25, 0.3) is 5.91 Å². The van der Waals surface area contributed by atoms with Crippen LogP contribution in [0.3, 0.4) is 0 Å². The Bertz CT molecular complexity index is 1200. The van der Waals surface area contributed by atoms with Crippen LogP contribution in [0.25, 0.3) is 11.3 Å². The molecule has 1 aliphatic rings. The van der Waals surface area contributed by atoms with E-state index >= 15 is 0 Å². The molecule has 0 atom stereocenters. The Balaban J connectivity index is 1.25. The number of benzene rings is 2. The maximum Gasteiger partial charge on any atom is 0.272 e. The molecule has 2 aromatic carbocycles. The number of rotatable bonds is 5. The molecule has 1 amide bonds. The first kappa shape index (κ1) is 19.1. The summed E-state index contributed by atoms with van der Waals surface area (Å²) >= 11 is 0. The van der Waals surface area contributed by atoms with Crippen LogP contribution in [0.4, 0.5) is 0 Å². The summed E-state index contributed by atoms with van der Waals surface area (Å²) in [7, 11) is 0. The van der Waals surface area contributed by atoms with Gasteiger partial charge in [0.05, 0.1) is 12.2 Å². The lowest BCUT2D eigenvalue weighted by Crippen LogP contribution is -2.36. The van der Waals surface area contributed by atoms with Gasteiger partial charge in [-0.15, -0.1) is 0 Å². The quantitative estimate of drug-likeness (QED) is 0.519. The lowest BCUT2D eigenvalue weighted by atomic mass is 10.1. The van der Waals surface area contributed by atoms with Gasteiger partial charge in [-0.1, -0.05) is 30.3 Å². The number of aromatic hydroxyl groups is 1. The van der Waals surface area contributed by atoms with Crippen LogP contribution in [-0.4, -0.2) is 37.6 Å². The highest BCUT2D eigenvalue weighted by atomic mass is 16.4. The number of aromatic amines is 1. The number of nitrogens with one attached hydrogen (secondary N) is 1. The van der Waals surface area contributed by atoms with Crippen molar-refractivity contribution in [1.29, 1.82) is 0 Å². The fourth-order valence-electron chi connectivity index (χ4n) is 3.81. The molecule has 7 nitrogen and oxygen atoms in total. The molecule has 0 spiro atoms. The van der Waals surface area contributed by atoms with E-state index in [1.54, 1.807) is 35.2 Å². The first-order valence-electron chi connectivity index (χ1n) is 10.3. The van der Waals surface area contributed by atoms with E-state index in [1.165, 1.54) is 5.56 Å². The second kappa shape index (κ2) is 8.10. The summed E-state index contributed by atoms with van der Waals surface area (Å²) in [6.07, 6.45) is 2.26. The minimum atomic E-state index is -0.114. The van der Waals surface area contributed by atoms with Crippen molar-refractivity contribution < 1.29 is 14.3 Å². The Morgan fingerprint density at radius 3 is 2.71 bits per heavy atom. The Morgan fingerprint density at radius 1 is 1.10 bits per heavy atom. The van der Waals surface area contributed by atoms with E-state index in [0.29, 0.717) is 30.9 Å². The van der Waals surface area contributed by atoms with Gasteiger partial charge in [0, 0.05) is 24.9 Å². The molecule has 5 rings (SSSR count). The van der Waals surface area contributed by atoms with Crippen LogP contribution in [0.5, 0.6) is 5.75 Å². The summed E-state index contributed by atoms with van der Waals surface area (Å²) in [5.74, 6) is 1.67. The van der Waals surface area contributed by atoms with Gasteiger partial charge in [-0.25, -0.2) is 4.98 Å². The lowest BCUT2D eigenvalue weighted by molar-refractivity contribution is 0.0722. The van der Waals surface area contributed by atoms with Crippen LogP contribution in [0, 0.1) is 0 Å². The number of fused-ring (bicyclic) bond motifs is 1. The molecular formula is C24H22N4O3. The highest BCUT2D eigenvalue weighted by Gasteiger charge is 2.27. The van der Waals surface area contributed by atoms with E-state index in [2.05, 4.69) is 27.3 Å². The Labute approximate surface area is 179 Å². The molecule has 0 aliphatic carbocycles. The molecule has 0 radical (unpaired) electrons. The third kappa shape index (κ3) is 4.07. The minimum absolute atomic E-state index is 0.114. The number of carbonyl (C=O) groups excluding carboxylic acids is 1. The fourth-order valence-corrected chi connectivity index (χ4v) is 3.81. The Morgan fingerprint density at radius 2 is 1.90 bits per heavy atom. The van der Waals surface area contributed by atoms with Crippen molar-refractivity contribution in [3.63, 3.8) is 0 Å². The monoisotopic (exact) mass is 414 g/mol. The number of aryl methyl sites for hydroxylation is 2. The third-order valence-corrected chi connectivity index (χ3v) is 5.50. The number of phenolic OH excluding ortho intramolecular Hbond substituents is 1. The van der Waals surface area contributed by atoms with Crippen molar-refractivity contribution in [1.82, 2.24) is 20.1 Å². The number of hydrogen-bond donors (Lipinski definition) is 2. The van der Waals surface area contributed by atoms with Gasteiger partial charge in [0.2, 0.25) is 0 Å². The number of H-pyrrole nitrogens is 1. The zero-order valence-corrected chi connectivity index (χ0v) is 16.9. The summed E-state index contributed by atoms with van der Waals surface area (Å²) in [5.41, 5.74) is 4.00. The molecule has 0 fully saturated rings. The molecule has 0 unspecified atom stereocenters. The molecule has 4 aromatic rings. The molecule has 1 aliphatic heterocycles. The predicted molar refractivity (Wildman–Crippen MR) is 114 cm³/mol. The van der Waals surface area contributed by atoms with Crippen LogP contribution in [0.15, 0.2) is 65.1 Å². The Kier molecular flexibility index (Phi) is 5.00. The van der Waals surface area contributed by atoms with Gasteiger partial charge in [-0.2, -0.15) is 5.10 Å². The molecule has 2 aromatic heterocycles. The zero-order valence-electron chi connectivity index (χ0n) is 16.9. The van der Waals surface area contributed by atoms with E-state index < -0.39 is 0 Å². The van der Waals surface area contributed by atoms with Crippen LogP contribution in [0.2, 0.25) is 0 Å². The van der Waals surface area contributed by atoms with Crippen LogP contribution >= 0.6 is 0 Å². The number of carbonyl (C=O) groups is 1. The highest BCUT2D eigenvalue weighted by molar-refractivity contribution is 5.93. The fraction of sp³-hybridized carbons (Fsp3) is 0.208. The van der Waals surface area contributed by atoms with Crippen molar-refractivity contribution in [2.24, 2.45) is 0 Å². The Hall–Kier alpha value is -3.87. The second-order valence-electron chi connectivity index (χ2n) is 7.65. The highest BCUT2D eigenvalue weighted by Crippen LogP contribution is 2.24. The standard InChI is InChI=1S/C24H22N4O3/c29-18-9-7-17(8-10-18)19-14-20(27-26-19)24(30)28-13-12-22-21(15-28)25-23(31-22)11-6-16-4-2-1-3-5-16/h1-5,7-10,14,29H,6,11-13,15H2,(H,26,27). The number of amides is 1. The SMILES string of the molecule is O=C(c1cc(-c2ccc(O)cc2)n[nH]1)N1CCc2oc(CCc3ccccc3)nc2C1. The average Bonchev–Trinajstić information content (AvgIpc) is 3.45. The second-order valence-corrected chi connectivity index (χ2v) is 7.65. The first-order chi connectivity index (χ1) is 15.2. The molecule has 3 heterocycles. The van der Waals surface area contributed by atoms with E-state index in [-0.39, 0.29) is 11.7 Å². The van der Waals surface area contributed by atoms with Gasteiger partial charge in [-0.05, 0) is 42.3 Å². The molecule has 2 N–H and O–H groups in total. The topological polar surface area (TPSA) is 95.2 Å². The molecule has 0 saturated heterocycles. The van der Waals surface area contributed by atoms with E-state index in [4.69, 9.17) is 4.42 Å². The van der Waals surface area contributed by atoms with E-state index in [9.17, 15) is 9.90 Å². The molecule has 7 heteroatoms. The summed E-state index contributed by atoms with van der Waals surface area (Å²) in [4.78, 5) is 19.4. The van der Waals surface area contributed by atoms with Gasteiger partial charge in [-0.3, -0.25) is 9.89 Å². The van der Waals surface area contributed by atoms with Crippen molar-refractivity contribution in [3.8, 4) is 17.0 Å². The molecule has 0 bridgehead atoms. The third-order valence-electron chi connectivity index (χ3n) is 5.50. The van der Waals surface area contributed by atoms with E-state index in [1.807, 2.05) is 18.2 Å². The van der Waals surface area contributed by atoms with Crippen molar-refractivity contribution in [2.75, 3.05) is 6.54 Å². The van der Waals surface area contributed by atoms with Crippen LogP contribution < -0.4 is 0 Å². The maximum atomic E-state index is 13.0. The van der Waals surface area contributed by atoms with Gasteiger partial charge >= 0.3 is 0 Å². The summed E-state index contributed by atoms with van der Waals surface area (Å²) < 4.78 is 5.94. The number of oxazole rings is 1. The predicted octanol–water partition coefficient (Wildman–Crippen LogP) is 3.75. The largest absolute Gasteiger partial charge is 0.508 e. The van der Waals surface area contributed by atoms with Crippen LogP contribution in [-0.2, 0) is 25.8 Å². The van der Waals surface area contributed by atoms with Crippen LogP contribution in [0.1, 0.15) is 33.4 Å². The minimum Gasteiger partial charge on any atom is -0.508 e. The van der Waals surface area contributed by atoms with Crippen molar-refractivity contribution in [3.05, 3.63) is 89.3 Å².